The molecule has 3 fully saturated rings. The minimum absolute atomic E-state index is 0.0175. The minimum Gasteiger partial charge on any atom is -0.370 e. The van der Waals surface area contributed by atoms with Gasteiger partial charge >= 0.3 is 35.8 Å². The molecule has 36 heavy (non-hydrogen) atoms. The van der Waals surface area contributed by atoms with Crippen molar-refractivity contribution in [2.75, 3.05) is 0 Å². The van der Waals surface area contributed by atoms with Gasteiger partial charge in [0.1, 0.15) is 0 Å². The summed E-state index contributed by atoms with van der Waals surface area (Å²) in [6, 6.07) is 0. The number of ether oxygens (including phenoxy) is 1. The maximum absolute atomic E-state index is 14.2. The van der Waals surface area contributed by atoms with Gasteiger partial charge in [-0.15, -0.1) is 0 Å². The number of hydrogen-bond donors (Lipinski definition) is 0. The van der Waals surface area contributed by atoms with Gasteiger partial charge in [-0.05, 0) is 62.2 Å². The van der Waals surface area contributed by atoms with E-state index in [1.54, 1.807) is 0 Å². The number of halogens is 13. The first kappa shape index (κ1) is 29.6. The molecule has 212 valence electrons. The van der Waals surface area contributed by atoms with Crippen molar-refractivity contribution in [2.45, 2.75) is 119 Å². The zero-order valence-electron chi connectivity index (χ0n) is 19.2. The highest BCUT2D eigenvalue weighted by Crippen LogP contribution is 2.64. The van der Waals surface area contributed by atoms with Crippen molar-refractivity contribution in [2.24, 2.45) is 17.3 Å². The van der Waals surface area contributed by atoms with E-state index >= 15 is 0 Å². The smallest absolute Gasteiger partial charge is 0.370 e. The van der Waals surface area contributed by atoms with E-state index in [0.717, 1.165) is 25.7 Å². The Morgan fingerprint density at radius 2 is 1.31 bits per heavy atom. The molecule has 5 unspecified atom stereocenters. The molecule has 0 N–H and O–H groups in total. The molecule has 0 aromatic heterocycles. The van der Waals surface area contributed by atoms with E-state index in [4.69, 9.17) is 4.74 Å². The number of unbranched alkanes of at least 4 members (excludes halogenated alkanes) is 1. The van der Waals surface area contributed by atoms with E-state index in [9.17, 15) is 57.1 Å². The Morgan fingerprint density at radius 3 is 1.86 bits per heavy atom. The van der Waals surface area contributed by atoms with Crippen LogP contribution < -0.4 is 0 Å². The monoisotopic (exact) mass is 554 g/mol. The molecule has 0 aromatic carbocycles. The van der Waals surface area contributed by atoms with E-state index < -0.39 is 54.5 Å². The van der Waals surface area contributed by atoms with Crippen molar-refractivity contribution in [3.63, 3.8) is 0 Å². The van der Waals surface area contributed by atoms with Crippen LogP contribution in [-0.2, 0) is 4.74 Å². The van der Waals surface area contributed by atoms with Crippen molar-refractivity contribution in [3.05, 3.63) is 0 Å². The SMILES string of the molecule is CCCCC1OC1CC12CCC(C1)C(CCC(F)(F)C(F)(F)C(F)(F)C(F)(F)C(F)(F)C(F)(F)F)C2. The van der Waals surface area contributed by atoms with E-state index in [-0.39, 0.29) is 23.5 Å². The minimum atomic E-state index is -7.83. The fourth-order valence-electron chi connectivity index (χ4n) is 5.94. The van der Waals surface area contributed by atoms with Crippen LogP contribution in [-0.4, -0.2) is 48.0 Å². The Bertz CT molecular complexity index is 793. The quantitative estimate of drug-likeness (QED) is 0.174. The Balaban J connectivity index is 1.66. The summed E-state index contributed by atoms with van der Waals surface area (Å²) in [6.07, 6.45) is -4.60. The highest BCUT2D eigenvalue weighted by Gasteiger charge is 2.90. The third-order valence-electron chi connectivity index (χ3n) is 8.09. The highest BCUT2D eigenvalue weighted by molar-refractivity contribution is 5.11. The average Bonchev–Trinajstić information content (AvgIpc) is 3.19. The maximum atomic E-state index is 14.2. The third kappa shape index (κ3) is 4.69. The topological polar surface area (TPSA) is 12.5 Å². The zero-order chi connectivity index (χ0) is 27.6. The standard InChI is InChI=1S/C22H27F13O/c1-2-3-4-14-15(36-14)11-16-7-5-12(9-16)13(10-16)6-8-17(23,24)18(25,26)19(27,28)20(29,30)21(31,32)22(33,34)35/h12-15H,2-11H2,1H3. The van der Waals surface area contributed by atoms with Crippen molar-refractivity contribution in [1.29, 1.82) is 0 Å². The molecule has 1 saturated heterocycles. The molecule has 1 aliphatic heterocycles. The molecule has 2 bridgehead atoms. The first-order valence-corrected chi connectivity index (χ1v) is 11.8. The lowest BCUT2D eigenvalue weighted by molar-refractivity contribution is -0.440. The summed E-state index contributed by atoms with van der Waals surface area (Å²) in [5.41, 5.74) is -0.301. The van der Waals surface area contributed by atoms with Gasteiger partial charge < -0.3 is 4.74 Å². The van der Waals surface area contributed by atoms with Crippen LogP contribution in [0.1, 0.15) is 71.1 Å². The van der Waals surface area contributed by atoms with Gasteiger partial charge in [-0.1, -0.05) is 19.8 Å². The first-order valence-electron chi connectivity index (χ1n) is 11.8. The number of alkyl halides is 13. The summed E-state index contributed by atoms with van der Waals surface area (Å²) in [7, 11) is 0. The lowest BCUT2D eigenvalue weighted by Crippen LogP contribution is -2.70. The summed E-state index contributed by atoms with van der Waals surface area (Å²) in [5, 5.41) is 0. The third-order valence-corrected chi connectivity index (χ3v) is 8.09. The first-order chi connectivity index (χ1) is 16.2. The predicted octanol–water partition coefficient (Wildman–Crippen LogP) is 8.66. The van der Waals surface area contributed by atoms with Crippen molar-refractivity contribution >= 4 is 0 Å². The van der Waals surface area contributed by atoms with Crippen LogP contribution >= 0.6 is 0 Å². The molecule has 0 amide bonds. The molecule has 2 aliphatic carbocycles. The Morgan fingerprint density at radius 1 is 0.722 bits per heavy atom. The second-order valence-electron chi connectivity index (χ2n) is 10.6. The molecule has 3 aliphatic rings. The Hall–Kier alpha value is -0.950. The lowest BCUT2D eigenvalue weighted by atomic mass is 9.75. The molecule has 0 radical (unpaired) electrons. The zero-order valence-corrected chi connectivity index (χ0v) is 19.2. The highest BCUT2D eigenvalue weighted by atomic mass is 19.4. The van der Waals surface area contributed by atoms with Crippen LogP contribution in [0.5, 0.6) is 0 Å². The Labute approximate surface area is 199 Å². The summed E-state index contributed by atoms with van der Waals surface area (Å²) in [5.74, 6) is -37.2. The van der Waals surface area contributed by atoms with E-state index in [1.165, 1.54) is 0 Å². The van der Waals surface area contributed by atoms with Crippen LogP contribution in [0, 0.1) is 17.3 Å². The number of epoxide rings is 1. The van der Waals surface area contributed by atoms with Gasteiger partial charge in [0.05, 0.1) is 12.2 Å². The average molecular weight is 554 g/mol. The molecular formula is C22H27F13O. The number of rotatable bonds is 12. The molecule has 14 heteroatoms. The fraction of sp³-hybridized carbons (Fsp3) is 1.00. The van der Waals surface area contributed by atoms with Gasteiger partial charge in [-0.25, -0.2) is 0 Å². The van der Waals surface area contributed by atoms with Crippen LogP contribution in [0.2, 0.25) is 0 Å². The van der Waals surface area contributed by atoms with Gasteiger partial charge in [-0.2, -0.15) is 57.1 Å². The van der Waals surface area contributed by atoms with Crippen molar-refractivity contribution < 1.29 is 61.8 Å². The predicted molar refractivity (Wildman–Crippen MR) is 101 cm³/mol. The van der Waals surface area contributed by atoms with E-state index in [0.29, 0.717) is 25.7 Å². The summed E-state index contributed by atoms with van der Waals surface area (Å²) in [6.45, 7) is 2.01. The van der Waals surface area contributed by atoms with Gasteiger partial charge in [0, 0.05) is 6.42 Å². The maximum Gasteiger partial charge on any atom is 0.460 e. The summed E-state index contributed by atoms with van der Waals surface area (Å²) < 4.78 is 179. The van der Waals surface area contributed by atoms with Gasteiger partial charge in [0.25, 0.3) is 0 Å². The number of fused-ring (bicyclic) bond motifs is 2. The molecule has 1 nitrogen and oxygen atoms in total. The molecule has 0 spiro atoms. The van der Waals surface area contributed by atoms with Gasteiger partial charge in [0.15, 0.2) is 0 Å². The number of hydrogen-bond acceptors (Lipinski definition) is 1. The van der Waals surface area contributed by atoms with Gasteiger partial charge in [0.2, 0.25) is 0 Å². The second-order valence-corrected chi connectivity index (χ2v) is 10.6. The molecular weight excluding hydrogens is 527 g/mol. The van der Waals surface area contributed by atoms with Gasteiger partial charge in [-0.3, -0.25) is 0 Å². The van der Waals surface area contributed by atoms with E-state index in [2.05, 4.69) is 0 Å². The normalized spacial score (nSPS) is 31.8. The summed E-state index contributed by atoms with van der Waals surface area (Å²) in [4.78, 5) is 0. The fourth-order valence-corrected chi connectivity index (χ4v) is 5.94. The molecule has 0 aromatic rings. The summed E-state index contributed by atoms with van der Waals surface area (Å²) >= 11 is 0. The largest absolute Gasteiger partial charge is 0.460 e. The van der Waals surface area contributed by atoms with Crippen molar-refractivity contribution in [3.8, 4) is 0 Å². The molecule has 1 heterocycles. The molecule has 2 saturated carbocycles. The van der Waals surface area contributed by atoms with E-state index in [1.807, 2.05) is 6.92 Å². The molecule has 3 rings (SSSR count). The Kier molecular flexibility index (Phi) is 7.46. The second kappa shape index (κ2) is 9.07. The van der Waals surface area contributed by atoms with Crippen LogP contribution in [0.25, 0.3) is 0 Å². The van der Waals surface area contributed by atoms with Crippen LogP contribution in [0.4, 0.5) is 57.1 Å². The van der Waals surface area contributed by atoms with Crippen molar-refractivity contribution in [1.82, 2.24) is 0 Å². The van der Waals surface area contributed by atoms with Crippen LogP contribution in [0.15, 0.2) is 0 Å². The van der Waals surface area contributed by atoms with Crippen LogP contribution in [0.3, 0.4) is 0 Å². The lowest BCUT2D eigenvalue weighted by Gasteiger charge is -2.40. The molecule has 5 atom stereocenters.